The van der Waals surface area contributed by atoms with Crippen LogP contribution < -0.4 is 10.2 Å². The van der Waals surface area contributed by atoms with Gasteiger partial charge in [-0.15, -0.1) is 0 Å². The fourth-order valence-corrected chi connectivity index (χ4v) is 2.76. The normalized spacial score (nSPS) is 14.4. The molecule has 1 aliphatic rings. The Hall–Kier alpha value is -2.08. The Kier molecular flexibility index (Phi) is 6.40. The Morgan fingerprint density at radius 1 is 1.17 bits per heavy atom. The molecule has 0 aromatic heterocycles. The zero-order valence-corrected chi connectivity index (χ0v) is 13.6. The number of amides is 2. The first kappa shape index (κ1) is 17.3. The Balaban J connectivity index is 1.94. The van der Waals surface area contributed by atoms with Crippen molar-refractivity contribution in [2.24, 2.45) is 0 Å². The van der Waals surface area contributed by atoms with Crippen molar-refractivity contribution in [3.8, 4) is 0 Å². The number of likely N-dealkylation sites (N-methyl/N-ethyl adjacent to an activating group) is 1. The van der Waals surface area contributed by atoms with Crippen LogP contribution in [0.1, 0.15) is 26.2 Å². The highest BCUT2D eigenvalue weighted by Gasteiger charge is 2.20. The van der Waals surface area contributed by atoms with Crippen molar-refractivity contribution >= 4 is 23.2 Å². The molecule has 2 amide bonds. The predicted octanol–water partition coefficient (Wildman–Crippen LogP) is 1.46. The molecule has 1 aliphatic heterocycles. The summed E-state index contributed by atoms with van der Waals surface area (Å²) in [6.07, 6.45) is 3.71. The number of anilines is 2. The molecule has 0 unspecified atom stereocenters. The van der Waals surface area contributed by atoms with Crippen LogP contribution in [-0.4, -0.2) is 54.6 Å². The van der Waals surface area contributed by atoms with Crippen LogP contribution in [-0.2, 0) is 9.59 Å². The van der Waals surface area contributed by atoms with E-state index >= 15 is 0 Å². The van der Waals surface area contributed by atoms with Crippen molar-refractivity contribution < 1.29 is 14.7 Å². The molecule has 6 heteroatoms. The van der Waals surface area contributed by atoms with Crippen LogP contribution in [0, 0.1) is 0 Å². The molecule has 1 aromatic carbocycles. The van der Waals surface area contributed by atoms with Crippen molar-refractivity contribution in [3.05, 3.63) is 24.3 Å². The van der Waals surface area contributed by atoms with Crippen molar-refractivity contribution in [2.45, 2.75) is 26.2 Å². The third-order valence-corrected chi connectivity index (χ3v) is 4.08. The van der Waals surface area contributed by atoms with E-state index in [4.69, 9.17) is 5.11 Å². The van der Waals surface area contributed by atoms with Crippen molar-refractivity contribution in [1.29, 1.82) is 0 Å². The number of benzene rings is 1. The number of aliphatic hydroxyl groups is 1. The molecular weight excluding hydrogens is 294 g/mol. The number of piperidine rings is 1. The maximum Gasteiger partial charge on any atom is 0.313 e. The van der Waals surface area contributed by atoms with E-state index in [1.54, 1.807) is 6.92 Å². The molecular formula is C17H25N3O3. The monoisotopic (exact) mass is 319 g/mol. The van der Waals surface area contributed by atoms with E-state index in [9.17, 15) is 9.59 Å². The fraction of sp³-hybridized carbons (Fsp3) is 0.529. The van der Waals surface area contributed by atoms with Gasteiger partial charge in [0.1, 0.15) is 0 Å². The molecule has 23 heavy (non-hydrogen) atoms. The molecule has 2 N–H and O–H groups in total. The smallest absolute Gasteiger partial charge is 0.313 e. The Bertz CT molecular complexity index is 524. The summed E-state index contributed by atoms with van der Waals surface area (Å²) < 4.78 is 0. The molecule has 0 radical (unpaired) electrons. The molecule has 0 bridgehead atoms. The number of carbonyl (C=O) groups is 2. The number of hydrogen-bond acceptors (Lipinski definition) is 4. The SMILES string of the molecule is CCN(CCO)C(=O)C(=O)Nc1ccc(N2CCCCC2)cc1. The summed E-state index contributed by atoms with van der Waals surface area (Å²) in [6.45, 7) is 4.30. The molecule has 0 atom stereocenters. The number of nitrogens with zero attached hydrogens (tertiary/aromatic N) is 2. The van der Waals surface area contributed by atoms with Crippen LogP contribution >= 0.6 is 0 Å². The Morgan fingerprint density at radius 2 is 1.83 bits per heavy atom. The number of rotatable bonds is 5. The van der Waals surface area contributed by atoms with Crippen LogP contribution in [0.15, 0.2) is 24.3 Å². The summed E-state index contributed by atoms with van der Waals surface area (Å²) >= 11 is 0. The van der Waals surface area contributed by atoms with Gasteiger partial charge in [0, 0.05) is 37.6 Å². The first-order valence-electron chi connectivity index (χ1n) is 8.22. The van der Waals surface area contributed by atoms with Gasteiger partial charge in [-0.05, 0) is 50.5 Å². The van der Waals surface area contributed by atoms with E-state index in [1.807, 2.05) is 24.3 Å². The van der Waals surface area contributed by atoms with Crippen LogP contribution in [0.25, 0.3) is 0 Å². The number of carbonyl (C=O) groups excluding carboxylic acids is 2. The zero-order valence-electron chi connectivity index (χ0n) is 13.6. The van der Waals surface area contributed by atoms with E-state index in [0.29, 0.717) is 12.2 Å². The summed E-state index contributed by atoms with van der Waals surface area (Å²) in [5, 5.41) is 11.5. The predicted molar refractivity (Wildman–Crippen MR) is 90.5 cm³/mol. The highest BCUT2D eigenvalue weighted by molar-refractivity contribution is 6.39. The second-order valence-corrected chi connectivity index (χ2v) is 5.66. The molecule has 0 saturated carbocycles. The lowest BCUT2D eigenvalue weighted by Crippen LogP contribution is -2.41. The number of nitrogens with one attached hydrogen (secondary N) is 1. The second kappa shape index (κ2) is 8.53. The molecule has 0 spiro atoms. The van der Waals surface area contributed by atoms with E-state index in [-0.39, 0.29) is 13.2 Å². The number of aliphatic hydroxyl groups excluding tert-OH is 1. The van der Waals surface area contributed by atoms with E-state index in [1.165, 1.54) is 24.2 Å². The summed E-state index contributed by atoms with van der Waals surface area (Å²) in [5.74, 6) is -1.30. The van der Waals surface area contributed by atoms with Gasteiger partial charge in [0.15, 0.2) is 0 Å². The minimum atomic E-state index is -0.675. The molecule has 0 aliphatic carbocycles. The lowest BCUT2D eigenvalue weighted by Gasteiger charge is -2.28. The lowest BCUT2D eigenvalue weighted by molar-refractivity contribution is -0.143. The molecule has 1 aromatic rings. The van der Waals surface area contributed by atoms with Crippen LogP contribution in [0.5, 0.6) is 0 Å². The van der Waals surface area contributed by atoms with Gasteiger partial charge >= 0.3 is 11.8 Å². The minimum absolute atomic E-state index is 0.155. The van der Waals surface area contributed by atoms with Gasteiger partial charge in [-0.25, -0.2) is 0 Å². The first-order valence-corrected chi connectivity index (χ1v) is 8.22. The third-order valence-electron chi connectivity index (χ3n) is 4.08. The fourth-order valence-electron chi connectivity index (χ4n) is 2.76. The van der Waals surface area contributed by atoms with Crippen LogP contribution in [0.2, 0.25) is 0 Å². The van der Waals surface area contributed by atoms with Crippen LogP contribution in [0.3, 0.4) is 0 Å². The highest BCUT2D eigenvalue weighted by atomic mass is 16.3. The van der Waals surface area contributed by atoms with Crippen LogP contribution in [0.4, 0.5) is 11.4 Å². The second-order valence-electron chi connectivity index (χ2n) is 5.66. The average Bonchev–Trinajstić information content (AvgIpc) is 2.60. The van der Waals surface area contributed by atoms with E-state index in [0.717, 1.165) is 18.8 Å². The van der Waals surface area contributed by atoms with Gasteiger partial charge < -0.3 is 20.2 Å². The van der Waals surface area contributed by atoms with Gasteiger partial charge in [-0.2, -0.15) is 0 Å². The van der Waals surface area contributed by atoms with Gasteiger partial charge in [0.25, 0.3) is 0 Å². The van der Waals surface area contributed by atoms with Crippen molar-refractivity contribution in [1.82, 2.24) is 4.90 Å². The zero-order chi connectivity index (χ0) is 16.7. The van der Waals surface area contributed by atoms with Gasteiger partial charge in [-0.1, -0.05) is 0 Å². The molecule has 1 fully saturated rings. The summed E-state index contributed by atoms with van der Waals surface area (Å²) in [6, 6.07) is 7.57. The molecule has 1 saturated heterocycles. The van der Waals surface area contributed by atoms with Crippen molar-refractivity contribution in [2.75, 3.05) is 43.0 Å². The van der Waals surface area contributed by atoms with E-state index < -0.39 is 11.8 Å². The topological polar surface area (TPSA) is 72.9 Å². The largest absolute Gasteiger partial charge is 0.395 e. The molecule has 6 nitrogen and oxygen atoms in total. The lowest BCUT2D eigenvalue weighted by atomic mass is 10.1. The number of hydrogen-bond donors (Lipinski definition) is 2. The third kappa shape index (κ3) is 4.69. The molecule has 1 heterocycles. The molecule has 126 valence electrons. The first-order chi connectivity index (χ1) is 11.2. The minimum Gasteiger partial charge on any atom is -0.395 e. The summed E-state index contributed by atoms with van der Waals surface area (Å²) in [7, 11) is 0. The maximum absolute atomic E-state index is 12.0. The quantitative estimate of drug-likeness (QED) is 0.806. The standard InChI is InChI=1S/C17H25N3O3/c1-2-19(12-13-21)17(23)16(22)18-14-6-8-15(9-7-14)20-10-4-3-5-11-20/h6-9,21H,2-5,10-13H2,1H3,(H,18,22). The molecule has 2 rings (SSSR count). The average molecular weight is 319 g/mol. The van der Waals surface area contributed by atoms with Gasteiger partial charge in [0.05, 0.1) is 6.61 Å². The van der Waals surface area contributed by atoms with Gasteiger partial charge in [0.2, 0.25) is 0 Å². The van der Waals surface area contributed by atoms with Gasteiger partial charge in [-0.3, -0.25) is 9.59 Å². The highest BCUT2D eigenvalue weighted by Crippen LogP contribution is 2.21. The Morgan fingerprint density at radius 3 is 2.39 bits per heavy atom. The van der Waals surface area contributed by atoms with Crippen molar-refractivity contribution in [3.63, 3.8) is 0 Å². The maximum atomic E-state index is 12.0. The summed E-state index contributed by atoms with van der Waals surface area (Å²) in [5.41, 5.74) is 1.74. The Labute approximate surface area is 137 Å². The van der Waals surface area contributed by atoms with E-state index in [2.05, 4.69) is 10.2 Å². The summed E-state index contributed by atoms with van der Waals surface area (Å²) in [4.78, 5) is 27.6.